The Balaban J connectivity index is 1.82. The van der Waals surface area contributed by atoms with Crippen LogP contribution in [0.5, 0.6) is 0 Å². The molecule has 2 N–H and O–H groups in total. The van der Waals surface area contributed by atoms with Gasteiger partial charge in [0, 0.05) is 16.9 Å². The van der Waals surface area contributed by atoms with Gasteiger partial charge in [-0.1, -0.05) is 35.9 Å². The Hall–Kier alpha value is -2.90. The molecule has 0 fully saturated rings. The van der Waals surface area contributed by atoms with E-state index in [2.05, 4.69) is 10.0 Å². The Labute approximate surface area is 160 Å². The molecule has 0 unspecified atom stereocenters. The number of rotatable bonds is 5. The average Bonchev–Trinajstić information content (AvgIpc) is 2.65. The highest BCUT2D eigenvalue weighted by Crippen LogP contribution is 2.21. The number of nitrogens with one attached hydrogen (secondary N) is 2. The number of hydrogen-bond donors (Lipinski definition) is 2. The number of anilines is 2. The summed E-state index contributed by atoms with van der Waals surface area (Å²) < 4.78 is 40.7. The molecule has 0 radical (unpaired) electrons. The molecule has 0 saturated heterocycles. The monoisotopic (exact) mass is 404 g/mol. The molecule has 3 aromatic rings. The number of carbonyl (C=O) groups excluding carboxylic acids is 1. The summed E-state index contributed by atoms with van der Waals surface area (Å²) in [5, 5.41) is 2.42. The van der Waals surface area contributed by atoms with Gasteiger partial charge in [-0.2, -0.15) is 0 Å². The van der Waals surface area contributed by atoms with Crippen LogP contribution in [0.15, 0.2) is 77.7 Å². The Morgan fingerprint density at radius 3 is 2.33 bits per heavy atom. The lowest BCUT2D eigenvalue weighted by atomic mass is 10.2. The van der Waals surface area contributed by atoms with E-state index in [0.29, 0.717) is 11.4 Å². The minimum atomic E-state index is -3.86. The lowest BCUT2D eigenvalue weighted by molar-refractivity contribution is 0.102. The zero-order valence-corrected chi connectivity index (χ0v) is 15.4. The van der Waals surface area contributed by atoms with Crippen LogP contribution in [0.3, 0.4) is 0 Å². The van der Waals surface area contributed by atoms with Crippen LogP contribution in [-0.4, -0.2) is 14.3 Å². The summed E-state index contributed by atoms with van der Waals surface area (Å²) in [5.41, 5.74) is 0.835. The van der Waals surface area contributed by atoms with E-state index < -0.39 is 21.7 Å². The van der Waals surface area contributed by atoms with Gasteiger partial charge in [0.15, 0.2) is 0 Å². The lowest BCUT2D eigenvalue weighted by Gasteiger charge is -2.10. The molecule has 3 aromatic carbocycles. The summed E-state index contributed by atoms with van der Waals surface area (Å²) in [4.78, 5) is 12.3. The lowest BCUT2D eigenvalue weighted by Crippen LogP contribution is -2.16. The summed E-state index contributed by atoms with van der Waals surface area (Å²) in [6.45, 7) is 0. The van der Waals surface area contributed by atoms with Crippen LogP contribution in [0.2, 0.25) is 5.02 Å². The Morgan fingerprint density at radius 1 is 0.889 bits per heavy atom. The van der Waals surface area contributed by atoms with Crippen LogP contribution in [0, 0.1) is 5.82 Å². The maximum atomic E-state index is 13.2. The van der Waals surface area contributed by atoms with Gasteiger partial charge in [-0.25, -0.2) is 12.8 Å². The summed E-state index contributed by atoms with van der Waals surface area (Å²) >= 11 is 5.69. The zero-order valence-electron chi connectivity index (χ0n) is 13.8. The number of sulfonamides is 1. The highest BCUT2D eigenvalue weighted by molar-refractivity contribution is 7.92. The van der Waals surface area contributed by atoms with Gasteiger partial charge in [-0.15, -0.1) is 0 Å². The smallest absolute Gasteiger partial charge is 0.261 e. The van der Waals surface area contributed by atoms with Crippen molar-refractivity contribution in [3.8, 4) is 0 Å². The number of carbonyl (C=O) groups is 1. The van der Waals surface area contributed by atoms with Crippen LogP contribution in [0.25, 0.3) is 0 Å². The van der Waals surface area contributed by atoms with E-state index in [1.807, 2.05) is 0 Å². The topological polar surface area (TPSA) is 75.3 Å². The van der Waals surface area contributed by atoms with Gasteiger partial charge in [0.05, 0.1) is 9.92 Å². The van der Waals surface area contributed by atoms with E-state index in [4.69, 9.17) is 11.6 Å². The first kappa shape index (κ1) is 18.9. The normalized spacial score (nSPS) is 11.0. The molecular weight excluding hydrogens is 391 g/mol. The van der Waals surface area contributed by atoms with Crippen LogP contribution in [0.4, 0.5) is 15.8 Å². The fraction of sp³-hybridized carbons (Fsp3) is 0. The van der Waals surface area contributed by atoms with E-state index in [-0.39, 0.29) is 15.5 Å². The van der Waals surface area contributed by atoms with Crippen molar-refractivity contribution in [1.29, 1.82) is 0 Å². The second kappa shape index (κ2) is 7.77. The van der Waals surface area contributed by atoms with Gasteiger partial charge >= 0.3 is 0 Å². The molecule has 0 spiro atoms. The van der Waals surface area contributed by atoms with E-state index in [9.17, 15) is 17.6 Å². The highest BCUT2D eigenvalue weighted by atomic mass is 35.5. The highest BCUT2D eigenvalue weighted by Gasteiger charge is 2.17. The van der Waals surface area contributed by atoms with E-state index in [1.54, 1.807) is 30.3 Å². The molecule has 1 amide bonds. The average molecular weight is 405 g/mol. The van der Waals surface area contributed by atoms with Gasteiger partial charge in [0.2, 0.25) is 0 Å². The molecule has 0 aromatic heterocycles. The second-order valence-electron chi connectivity index (χ2n) is 5.58. The maximum Gasteiger partial charge on any atom is 0.261 e. The Bertz CT molecular complexity index is 1090. The van der Waals surface area contributed by atoms with Crippen LogP contribution >= 0.6 is 11.6 Å². The predicted octanol–water partition coefficient (Wildman–Crippen LogP) is 4.53. The zero-order chi connectivity index (χ0) is 19.4. The minimum absolute atomic E-state index is 0.0591. The quantitative estimate of drug-likeness (QED) is 0.655. The van der Waals surface area contributed by atoms with Crippen molar-refractivity contribution in [2.45, 2.75) is 4.90 Å². The number of hydrogen-bond acceptors (Lipinski definition) is 3. The molecule has 5 nitrogen and oxygen atoms in total. The van der Waals surface area contributed by atoms with Crippen molar-refractivity contribution in [1.82, 2.24) is 0 Å². The van der Waals surface area contributed by atoms with E-state index in [1.165, 1.54) is 36.4 Å². The van der Waals surface area contributed by atoms with Crippen molar-refractivity contribution < 1.29 is 17.6 Å². The molecule has 3 rings (SSSR count). The fourth-order valence-electron chi connectivity index (χ4n) is 2.30. The van der Waals surface area contributed by atoms with Crippen LogP contribution in [-0.2, 0) is 10.0 Å². The van der Waals surface area contributed by atoms with Gasteiger partial charge < -0.3 is 5.32 Å². The molecule has 0 aliphatic carbocycles. The maximum absolute atomic E-state index is 13.2. The molecule has 0 aliphatic heterocycles. The van der Waals surface area contributed by atoms with Crippen molar-refractivity contribution in [3.05, 3.63) is 89.2 Å². The van der Waals surface area contributed by atoms with Crippen LogP contribution < -0.4 is 10.0 Å². The van der Waals surface area contributed by atoms with Gasteiger partial charge in [0.1, 0.15) is 5.82 Å². The second-order valence-corrected chi connectivity index (χ2v) is 7.67. The molecule has 0 aliphatic rings. The Kier molecular flexibility index (Phi) is 5.43. The predicted molar refractivity (Wildman–Crippen MR) is 103 cm³/mol. The van der Waals surface area contributed by atoms with Crippen molar-refractivity contribution in [2.24, 2.45) is 0 Å². The fourth-order valence-corrected chi connectivity index (χ4v) is 3.59. The first-order valence-electron chi connectivity index (χ1n) is 7.79. The molecule has 138 valence electrons. The van der Waals surface area contributed by atoms with Gasteiger partial charge in [-0.05, 0) is 48.5 Å². The van der Waals surface area contributed by atoms with E-state index >= 15 is 0 Å². The van der Waals surface area contributed by atoms with Gasteiger partial charge in [-0.3, -0.25) is 9.52 Å². The summed E-state index contributed by atoms with van der Waals surface area (Å²) in [7, 11) is -3.86. The third-order valence-corrected chi connectivity index (χ3v) is 5.28. The number of para-hydroxylation sites is 1. The number of benzene rings is 3. The number of halogens is 2. The van der Waals surface area contributed by atoms with Crippen molar-refractivity contribution >= 4 is 38.9 Å². The SMILES string of the molecule is O=C(Nc1ccc(F)c(Cl)c1)c1cccc(S(=O)(=O)Nc2ccccc2)c1. The largest absolute Gasteiger partial charge is 0.322 e. The first-order valence-corrected chi connectivity index (χ1v) is 9.65. The molecule has 0 heterocycles. The van der Waals surface area contributed by atoms with Gasteiger partial charge in [0.25, 0.3) is 15.9 Å². The molecule has 27 heavy (non-hydrogen) atoms. The molecule has 0 atom stereocenters. The first-order chi connectivity index (χ1) is 12.8. The van der Waals surface area contributed by atoms with Crippen LogP contribution in [0.1, 0.15) is 10.4 Å². The number of amides is 1. The minimum Gasteiger partial charge on any atom is -0.322 e. The standard InChI is InChI=1S/C19H14ClFN2O3S/c20-17-12-15(9-10-18(17)21)22-19(24)13-5-4-8-16(11-13)27(25,26)23-14-6-2-1-3-7-14/h1-12,23H,(H,22,24). The van der Waals surface area contributed by atoms with E-state index in [0.717, 1.165) is 6.07 Å². The van der Waals surface area contributed by atoms with Crippen molar-refractivity contribution in [2.75, 3.05) is 10.0 Å². The summed E-state index contributed by atoms with van der Waals surface area (Å²) in [6.07, 6.45) is 0. The molecule has 0 saturated carbocycles. The molecule has 0 bridgehead atoms. The summed E-state index contributed by atoms with van der Waals surface area (Å²) in [5.74, 6) is -1.15. The van der Waals surface area contributed by atoms with Crippen molar-refractivity contribution in [3.63, 3.8) is 0 Å². The third-order valence-electron chi connectivity index (χ3n) is 3.61. The summed E-state index contributed by atoms with van der Waals surface area (Å²) in [6, 6.07) is 17.7. The Morgan fingerprint density at radius 2 is 1.63 bits per heavy atom. The molecule has 8 heteroatoms. The third kappa shape index (κ3) is 4.64. The molecular formula is C19H14ClFN2O3S.